The fourth-order valence-electron chi connectivity index (χ4n) is 3.40. The fraction of sp³-hybridized carbons (Fsp3) is 0.692. The van der Waals surface area contributed by atoms with E-state index in [1.54, 1.807) is 23.5 Å². The maximum Gasteiger partial charge on any atom is 0.252 e. The summed E-state index contributed by atoms with van der Waals surface area (Å²) in [5.41, 5.74) is 0. The van der Waals surface area contributed by atoms with Gasteiger partial charge in [-0.3, -0.25) is 0 Å². The van der Waals surface area contributed by atoms with Gasteiger partial charge in [0.25, 0.3) is 10.0 Å². The number of fused-ring (bicyclic) bond motifs is 1. The van der Waals surface area contributed by atoms with Gasteiger partial charge in [0.15, 0.2) is 0 Å². The van der Waals surface area contributed by atoms with Crippen LogP contribution < -0.4 is 0 Å². The first-order valence-corrected chi connectivity index (χ1v) is 9.01. The van der Waals surface area contributed by atoms with Crippen molar-refractivity contribution in [3.05, 3.63) is 17.5 Å². The van der Waals surface area contributed by atoms with Gasteiger partial charge in [-0.2, -0.15) is 4.31 Å². The first-order chi connectivity index (χ1) is 9.13. The molecule has 19 heavy (non-hydrogen) atoms. The molecule has 6 heteroatoms. The van der Waals surface area contributed by atoms with Gasteiger partial charge in [-0.25, -0.2) is 8.42 Å². The van der Waals surface area contributed by atoms with Gasteiger partial charge in [-0.1, -0.05) is 12.5 Å². The number of ether oxygens (including phenoxy) is 1. The number of nitrogens with zero attached hydrogens (tertiary/aromatic N) is 1. The molecule has 0 amide bonds. The van der Waals surface area contributed by atoms with Gasteiger partial charge < -0.3 is 4.74 Å². The van der Waals surface area contributed by atoms with Crippen LogP contribution in [0.4, 0.5) is 0 Å². The average Bonchev–Trinajstić information content (AvgIpc) is 3.07. The Labute approximate surface area is 118 Å². The van der Waals surface area contributed by atoms with Gasteiger partial charge in [0, 0.05) is 26.1 Å². The molecule has 0 radical (unpaired) electrons. The zero-order chi connectivity index (χ0) is 13.5. The zero-order valence-electron chi connectivity index (χ0n) is 11.0. The monoisotopic (exact) mass is 301 g/mol. The van der Waals surface area contributed by atoms with Crippen LogP contribution in [0.5, 0.6) is 0 Å². The lowest BCUT2D eigenvalue weighted by Gasteiger charge is -2.31. The molecule has 0 N–H and O–H groups in total. The Bertz CT molecular complexity index is 526. The number of rotatable bonds is 3. The van der Waals surface area contributed by atoms with Crippen molar-refractivity contribution in [2.45, 2.75) is 29.6 Å². The maximum atomic E-state index is 12.5. The SMILES string of the molecule is CO[C@@H]1CCC[C@@H]2CN(S(=O)(=O)c3cccs3)C[C@@H]21. The molecule has 0 bridgehead atoms. The summed E-state index contributed by atoms with van der Waals surface area (Å²) in [5.74, 6) is 0.835. The highest BCUT2D eigenvalue weighted by atomic mass is 32.2. The van der Waals surface area contributed by atoms with E-state index >= 15 is 0 Å². The highest BCUT2D eigenvalue weighted by Crippen LogP contribution is 2.40. The van der Waals surface area contributed by atoms with Crippen LogP contribution in [0.25, 0.3) is 0 Å². The Hall–Kier alpha value is -0.430. The van der Waals surface area contributed by atoms with Crippen LogP contribution in [0, 0.1) is 11.8 Å². The minimum atomic E-state index is -3.29. The average molecular weight is 301 g/mol. The molecule has 1 aliphatic carbocycles. The predicted molar refractivity (Wildman–Crippen MR) is 74.7 cm³/mol. The topological polar surface area (TPSA) is 46.6 Å². The molecule has 3 atom stereocenters. The van der Waals surface area contributed by atoms with Crippen molar-refractivity contribution in [3.8, 4) is 0 Å². The Balaban J connectivity index is 1.82. The number of methoxy groups -OCH3 is 1. The third-order valence-electron chi connectivity index (χ3n) is 4.39. The zero-order valence-corrected chi connectivity index (χ0v) is 12.6. The number of hydrogen-bond donors (Lipinski definition) is 0. The van der Waals surface area contributed by atoms with Crippen LogP contribution in [-0.4, -0.2) is 39.0 Å². The van der Waals surface area contributed by atoms with Crippen molar-refractivity contribution in [1.29, 1.82) is 0 Å². The van der Waals surface area contributed by atoms with E-state index < -0.39 is 10.0 Å². The Kier molecular flexibility index (Phi) is 3.68. The maximum absolute atomic E-state index is 12.5. The summed E-state index contributed by atoms with van der Waals surface area (Å²) in [5, 5.41) is 1.81. The Morgan fingerprint density at radius 2 is 2.21 bits per heavy atom. The van der Waals surface area contributed by atoms with Crippen LogP contribution in [-0.2, 0) is 14.8 Å². The first-order valence-electron chi connectivity index (χ1n) is 6.69. The normalized spacial score (nSPS) is 32.4. The lowest BCUT2D eigenvalue weighted by atomic mass is 9.79. The summed E-state index contributed by atoms with van der Waals surface area (Å²) in [4.78, 5) is 0. The molecule has 1 saturated carbocycles. The van der Waals surface area contributed by atoms with E-state index in [1.807, 2.05) is 5.38 Å². The van der Waals surface area contributed by atoms with Crippen molar-refractivity contribution in [3.63, 3.8) is 0 Å². The van der Waals surface area contributed by atoms with Crippen LogP contribution >= 0.6 is 11.3 Å². The lowest BCUT2D eigenvalue weighted by Crippen LogP contribution is -2.33. The van der Waals surface area contributed by atoms with E-state index in [4.69, 9.17) is 4.74 Å². The molecule has 1 saturated heterocycles. The van der Waals surface area contributed by atoms with Crippen LogP contribution in [0.1, 0.15) is 19.3 Å². The summed E-state index contributed by atoms with van der Waals surface area (Å²) in [6.45, 7) is 1.27. The standard InChI is InChI=1S/C13H19NO3S2/c1-17-12-5-2-4-10-8-14(9-11(10)12)19(15,16)13-6-3-7-18-13/h3,6-7,10-12H,2,4-5,8-9H2,1H3/t10-,11+,12-/m1/s1. The molecule has 1 aliphatic heterocycles. The van der Waals surface area contributed by atoms with Gasteiger partial charge in [0.2, 0.25) is 0 Å². The molecule has 0 unspecified atom stereocenters. The highest BCUT2D eigenvalue weighted by Gasteiger charge is 2.44. The highest BCUT2D eigenvalue weighted by molar-refractivity contribution is 7.91. The van der Waals surface area contributed by atoms with E-state index in [2.05, 4.69) is 0 Å². The van der Waals surface area contributed by atoms with Crippen LogP contribution in [0.3, 0.4) is 0 Å². The van der Waals surface area contributed by atoms with Gasteiger partial charge >= 0.3 is 0 Å². The molecule has 2 aliphatic rings. The quantitative estimate of drug-likeness (QED) is 0.860. The van der Waals surface area contributed by atoms with Crippen LogP contribution in [0.2, 0.25) is 0 Å². The first kappa shape index (κ1) is 13.5. The molecule has 0 spiro atoms. The molecule has 2 fully saturated rings. The van der Waals surface area contributed by atoms with Crippen molar-refractivity contribution in [2.24, 2.45) is 11.8 Å². The lowest BCUT2D eigenvalue weighted by molar-refractivity contribution is 0.0133. The largest absolute Gasteiger partial charge is 0.381 e. The van der Waals surface area contributed by atoms with E-state index in [9.17, 15) is 8.42 Å². The summed E-state index contributed by atoms with van der Waals surface area (Å²) >= 11 is 1.30. The van der Waals surface area contributed by atoms with Gasteiger partial charge in [-0.15, -0.1) is 11.3 Å². The summed E-state index contributed by atoms with van der Waals surface area (Å²) in [6, 6.07) is 3.48. The number of thiophene rings is 1. The molecule has 0 aromatic carbocycles. The molecular weight excluding hydrogens is 282 g/mol. The van der Waals surface area contributed by atoms with Gasteiger partial charge in [0.1, 0.15) is 4.21 Å². The van der Waals surface area contributed by atoms with Gasteiger partial charge in [0.05, 0.1) is 6.10 Å². The molecule has 1 aromatic rings. The molecule has 3 rings (SSSR count). The van der Waals surface area contributed by atoms with Crippen molar-refractivity contribution in [1.82, 2.24) is 4.31 Å². The molecule has 1 aromatic heterocycles. The van der Waals surface area contributed by atoms with E-state index in [-0.39, 0.29) is 6.10 Å². The third-order valence-corrected chi connectivity index (χ3v) is 7.60. The molecule has 2 heterocycles. The van der Waals surface area contributed by atoms with Crippen molar-refractivity contribution < 1.29 is 13.2 Å². The summed E-state index contributed by atoms with van der Waals surface area (Å²) in [7, 11) is -1.55. The van der Waals surface area contributed by atoms with E-state index in [0.717, 1.165) is 19.3 Å². The molecule has 4 nitrogen and oxygen atoms in total. The second kappa shape index (κ2) is 5.16. The smallest absolute Gasteiger partial charge is 0.252 e. The summed E-state index contributed by atoms with van der Waals surface area (Å²) in [6.07, 6.45) is 3.56. The van der Waals surface area contributed by atoms with Crippen molar-refractivity contribution >= 4 is 21.4 Å². The second-order valence-electron chi connectivity index (χ2n) is 5.38. The van der Waals surface area contributed by atoms with Crippen molar-refractivity contribution in [2.75, 3.05) is 20.2 Å². The predicted octanol–water partition coefficient (Wildman–Crippen LogP) is 2.18. The second-order valence-corrected chi connectivity index (χ2v) is 8.50. The minimum Gasteiger partial charge on any atom is -0.381 e. The van der Waals surface area contributed by atoms with E-state index in [1.165, 1.54) is 11.3 Å². The number of hydrogen-bond acceptors (Lipinski definition) is 4. The molecular formula is C13H19NO3S2. The van der Waals surface area contributed by atoms with Gasteiger partial charge in [-0.05, 0) is 30.2 Å². The molecule has 106 valence electrons. The minimum absolute atomic E-state index is 0.224. The number of sulfonamides is 1. The summed E-state index contributed by atoms with van der Waals surface area (Å²) < 4.78 is 32.7. The fourth-order valence-corrected chi connectivity index (χ4v) is 6.08. The Morgan fingerprint density at radius 3 is 2.89 bits per heavy atom. The van der Waals surface area contributed by atoms with Crippen LogP contribution in [0.15, 0.2) is 21.7 Å². The third kappa shape index (κ3) is 2.35. The Morgan fingerprint density at radius 1 is 1.37 bits per heavy atom. The van der Waals surface area contributed by atoms with E-state index in [0.29, 0.717) is 29.1 Å².